The minimum atomic E-state index is -4.99. The van der Waals surface area contributed by atoms with Crippen molar-refractivity contribution in [2.45, 2.75) is 44.5 Å². The molecular weight excluding hydrogens is 558 g/mol. The van der Waals surface area contributed by atoms with Gasteiger partial charge in [0, 0.05) is 24.9 Å². The van der Waals surface area contributed by atoms with Crippen molar-refractivity contribution >= 4 is 16.6 Å². The normalized spacial score (nSPS) is 13.8. The molecule has 9 nitrogen and oxygen atoms in total. The molecule has 0 spiro atoms. The van der Waals surface area contributed by atoms with E-state index in [0.29, 0.717) is 12.4 Å². The number of aromatic nitrogens is 6. The fourth-order valence-corrected chi connectivity index (χ4v) is 3.88. The Morgan fingerprint density at radius 3 is 2.30 bits per heavy atom. The van der Waals surface area contributed by atoms with Crippen molar-refractivity contribution in [1.29, 1.82) is 0 Å². The van der Waals surface area contributed by atoms with Crippen molar-refractivity contribution in [3.8, 4) is 11.4 Å². The van der Waals surface area contributed by atoms with E-state index in [2.05, 4.69) is 25.4 Å². The molecule has 1 aromatic carbocycles. The van der Waals surface area contributed by atoms with Crippen LogP contribution in [0.4, 0.5) is 40.8 Å². The lowest BCUT2D eigenvalue weighted by atomic mass is 10.1. The number of hydrogen-bond donors (Lipinski definition) is 2. The zero-order chi connectivity index (χ0) is 29.4. The fraction of sp³-hybridized carbons (Fsp3) is 0.304. The molecular formula is C23H17F8N7O2. The maximum Gasteiger partial charge on any atom is 0.423 e. The number of nitrogens with one attached hydrogen (secondary N) is 2. The van der Waals surface area contributed by atoms with E-state index < -0.39 is 71.3 Å². The van der Waals surface area contributed by atoms with Gasteiger partial charge in [0.2, 0.25) is 0 Å². The smallest absolute Gasteiger partial charge is 0.381 e. The average molecular weight is 575 g/mol. The van der Waals surface area contributed by atoms with Gasteiger partial charge in [-0.05, 0) is 19.1 Å². The number of alkyl halides is 7. The molecule has 40 heavy (non-hydrogen) atoms. The standard InChI is InChI=1S/C23H17F8N7O2/c1-10(36-17-7-35-37-20(39)18(17)23(29,30)31)2-12(24)8-38-9-34-16-4-13(15(25)3-14(16)21(38)40)19-32-5-11(6-33-19)22(26,27)28/h3-7,9-10,12H,2,8H2,1H3,(H2,36,37,39)/t10-,12+/m1/s1. The van der Waals surface area contributed by atoms with E-state index in [1.807, 2.05) is 0 Å². The molecule has 0 bridgehead atoms. The predicted molar refractivity (Wildman–Crippen MR) is 124 cm³/mol. The minimum Gasteiger partial charge on any atom is -0.381 e. The van der Waals surface area contributed by atoms with Crippen LogP contribution in [0.2, 0.25) is 0 Å². The lowest BCUT2D eigenvalue weighted by Gasteiger charge is -2.20. The highest BCUT2D eigenvalue weighted by molar-refractivity contribution is 5.82. The highest BCUT2D eigenvalue weighted by Crippen LogP contribution is 2.32. The van der Waals surface area contributed by atoms with E-state index in [1.165, 1.54) is 6.92 Å². The molecule has 4 aromatic rings. The molecule has 0 radical (unpaired) electrons. The van der Waals surface area contributed by atoms with Crippen molar-refractivity contribution in [3.63, 3.8) is 0 Å². The topological polar surface area (TPSA) is 118 Å². The van der Waals surface area contributed by atoms with Crippen molar-refractivity contribution < 1.29 is 35.1 Å². The highest BCUT2D eigenvalue weighted by Gasteiger charge is 2.37. The van der Waals surface area contributed by atoms with Crippen LogP contribution in [0.3, 0.4) is 0 Å². The SMILES string of the molecule is C[C@H](C[C@H](F)Cn1cnc2cc(-c3ncc(C(F)(F)F)cn3)c(F)cc2c1=O)Nc1cn[nH]c(=O)c1C(F)(F)F. The molecule has 0 saturated carbocycles. The van der Waals surface area contributed by atoms with E-state index in [1.54, 1.807) is 5.10 Å². The van der Waals surface area contributed by atoms with E-state index in [9.17, 15) is 44.7 Å². The Balaban J connectivity index is 1.51. The third-order valence-corrected chi connectivity index (χ3v) is 5.68. The van der Waals surface area contributed by atoms with E-state index >= 15 is 0 Å². The second-order valence-electron chi connectivity index (χ2n) is 8.71. The third-order valence-electron chi connectivity index (χ3n) is 5.68. The van der Waals surface area contributed by atoms with Crippen LogP contribution >= 0.6 is 0 Å². The molecule has 0 amide bonds. The molecule has 0 saturated heterocycles. The van der Waals surface area contributed by atoms with Gasteiger partial charge in [0.05, 0.1) is 46.8 Å². The summed E-state index contributed by atoms with van der Waals surface area (Å²) in [4.78, 5) is 35.4. The molecule has 2 N–H and O–H groups in total. The first-order chi connectivity index (χ1) is 18.6. The molecule has 2 atom stereocenters. The number of nitrogens with zero attached hydrogens (tertiary/aromatic N) is 5. The second-order valence-corrected chi connectivity index (χ2v) is 8.71. The summed E-state index contributed by atoms with van der Waals surface area (Å²) in [5, 5.41) is 7.12. The molecule has 0 fully saturated rings. The maximum atomic E-state index is 14.8. The van der Waals surface area contributed by atoms with Gasteiger partial charge >= 0.3 is 12.4 Å². The molecule has 0 aliphatic carbocycles. The summed E-state index contributed by atoms with van der Waals surface area (Å²) in [6.45, 7) is 0.772. The van der Waals surface area contributed by atoms with Crippen LogP contribution in [-0.2, 0) is 18.9 Å². The van der Waals surface area contributed by atoms with Crippen LogP contribution in [0.15, 0.2) is 46.6 Å². The Kier molecular flexibility index (Phi) is 7.58. The number of hydrogen-bond acceptors (Lipinski definition) is 7. The lowest BCUT2D eigenvalue weighted by Crippen LogP contribution is -2.30. The molecule has 17 heteroatoms. The summed E-state index contributed by atoms with van der Waals surface area (Å²) in [6.07, 6.45) is -9.21. The fourth-order valence-electron chi connectivity index (χ4n) is 3.88. The van der Waals surface area contributed by atoms with Gasteiger partial charge in [0.15, 0.2) is 5.82 Å². The molecule has 3 heterocycles. The molecule has 0 aliphatic rings. The zero-order valence-corrected chi connectivity index (χ0v) is 20.1. The molecule has 4 rings (SSSR count). The van der Waals surface area contributed by atoms with Gasteiger partial charge in [-0.2, -0.15) is 31.4 Å². The number of rotatable bonds is 7. The van der Waals surface area contributed by atoms with Gasteiger partial charge in [0.25, 0.3) is 11.1 Å². The molecule has 212 valence electrons. The van der Waals surface area contributed by atoms with Crippen molar-refractivity contribution in [3.05, 3.63) is 74.7 Å². The summed E-state index contributed by atoms with van der Waals surface area (Å²) >= 11 is 0. The number of anilines is 1. The van der Waals surface area contributed by atoms with Crippen molar-refractivity contribution in [2.24, 2.45) is 0 Å². The molecule has 0 aliphatic heterocycles. The number of fused-ring (bicyclic) bond motifs is 1. The largest absolute Gasteiger partial charge is 0.423 e. The van der Waals surface area contributed by atoms with Crippen LogP contribution in [0.25, 0.3) is 22.3 Å². The lowest BCUT2D eigenvalue weighted by molar-refractivity contribution is -0.139. The van der Waals surface area contributed by atoms with Gasteiger partial charge in [-0.3, -0.25) is 14.2 Å². The van der Waals surface area contributed by atoms with Crippen molar-refractivity contribution in [1.82, 2.24) is 29.7 Å². The number of H-pyrrole nitrogens is 1. The highest BCUT2D eigenvalue weighted by atomic mass is 19.4. The van der Waals surface area contributed by atoms with Gasteiger partial charge in [-0.15, -0.1) is 0 Å². The third kappa shape index (κ3) is 6.07. The first kappa shape index (κ1) is 28.6. The monoisotopic (exact) mass is 575 g/mol. The van der Waals surface area contributed by atoms with Gasteiger partial charge in [-0.1, -0.05) is 0 Å². The first-order valence-electron chi connectivity index (χ1n) is 11.3. The first-order valence-corrected chi connectivity index (χ1v) is 11.3. The Labute approximate surface area is 217 Å². The average Bonchev–Trinajstić information content (AvgIpc) is 2.84. The maximum absolute atomic E-state index is 14.8. The van der Waals surface area contributed by atoms with E-state index in [0.717, 1.165) is 29.2 Å². The van der Waals surface area contributed by atoms with Crippen LogP contribution in [0.1, 0.15) is 24.5 Å². The summed E-state index contributed by atoms with van der Waals surface area (Å²) in [5.41, 5.74) is -6.01. The summed E-state index contributed by atoms with van der Waals surface area (Å²) < 4.78 is 108. The van der Waals surface area contributed by atoms with Gasteiger partial charge in [-0.25, -0.2) is 28.8 Å². The van der Waals surface area contributed by atoms with Crippen LogP contribution in [0.5, 0.6) is 0 Å². The Morgan fingerprint density at radius 2 is 1.68 bits per heavy atom. The van der Waals surface area contributed by atoms with Gasteiger partial charge < -0.3 is 5.32 Å². The molecule has 0 unspecified atom stereocenters. The minimum absolute atomic E-state index is 0.0620. The van der Waals surface area contributed by atoms with Crippen LogP contribution < -0.4 is 16.4 Å². The van der Waals surface area contributed by atoms with Crippen LogP contribution in [-0.4, -0.2) is 41.9 Å². The number of halogens is 8. The summed E-state index contributed by atoms with van der Waals surface area (Å²) in [6, 6.07) is 0.895. The van der Waals surface area contributed by atoms with Gasteiger partial charge in [0.1, 0.15) is 17.6 Å². The number of benzene rings is 1. The van der Waals surface area contributed by atoms with Crippen molar-refractivity contribution in [2.75, 3.05) is 5.32 Å². The Morgan fingerprint density at radius 1 is 1.00 bits per heavy atom. The summed E-state index contributed by atoms with van der Waals surface area (Å²) in [7, 11) is 0. The zero-order valence-electron chi connectivity index (χ0n) is 20.1. The Hall–Kier alpha value is -4.44. The predicted octanol–water partition coefficient (Wildman–Crippen LogP) is 4.34. The Bertz CT molecular complexity index is 1650. The second kappa shape index (κ2) is 10.6. The quantitative estimate of drug-likeness (QED) is 0.315. The van der Waals surface area contributed by atoms with E-state index in [-0.39, 0.29) is 22.3 Å². The number of aromatic amines is 1. The van der Waals surface area contributed by atoms with Crippen LogP contribution in [0, 0.1) is 5.82 Å². The van der Waals surface area contributed by atoms with E-state index in [4.69, 9.17) is 0 Å². The summed E-state index contributed by atoms with van der Waals surface area (Å²) in [5.74, 6) is -1.42. The molecule has 3 aromatic heterocycles.